The molecule has 262 valence electrons. The fraction of sp³-hybridized carbons (Fsp3) is 0.250. The van der Waals surface area contributed by atoms with Crippen LogP contribution < -0.4 is 0 Å². The molecule has 12 heteroatoms. The van der Waals surface area contributed by atoms with E-state index in [1.165, 1.54) is 22.3 Å². The van der Waals surface area contributed by atoms with E-state index >= 15 is 0 Å². The average Bonchev–Trinajstić information content (AvgIpc) is 3.96. The Bertz CT molecular complexity index is 2540. The zero-order valence-electron chi connectivity index (χ0n) is 28.3. The van der Waals surface area contributed by atoms with Crippen LogP contribution in [0, 0.1) is 27.7 Å². The van der Waals surface area contributed by atoms with Crippen LogP contribution >= 0.6 is 0 Å². The quantitative estimate of drug-likeness (QED) is 0.187. The van der Waals surface area contributed by atoms with Crippen molar-refractivity contribution >= 4 is 23.4 Å². The summed E-state index contributed by atoms with van der Waals surface area (Å²) in [5, 5.41) is 9.15. The van der Waals surface area contributed by atoms with Gasteiger partial charge in [-0.1, -0.05) is 63.4 Å². The molecular weight excluding hydrogens is 649 g/mol. The highest BCUT2D eigenvalue weighted by atomic mass is 15.3. The fourth-order valence-electron chi connectivity index (χ4n) is 6.72. The molecule has 0 saturated heterocycles. The lowest BCUT2D eigenvalue weighted by Crippen LogP contribution is -1.98. The minimum atomic E-state index is 0. The van der Waals surface area contributed by atoms with Gasteiger partial charge in [0, 0.05) is 55.4 Å². The fourth-order valence-corrected chi connectivity index (χ4v) is 6.72. The molecular formula is C40H42N12. The number of hydrogen-bond acceptors (Lipinski definition) is 8. The zero-order valence-corrected chi connectivity index (χ0v) is 28.3. The van der Waals surface area contributed by atoms with Crippen molar-refractivity contribution in [2.45, 2.75) is 68.5 Å². The molecule has 0 aliphatic carbocycles. The SMILES string of the molecule is C.C.Cc1ncc(C)n2nc(/C=C/c3cn4c(n3)-c3ccccc3C4)nc12.Cc1ncc(C)n2nc(CCc3cn4c(n3)-c3ccccc3C4)nc12. The topological polar surface area (TPSA) is 122 Å². The number of nitrogens with zero attached hydrogens (tertiary/aromatic N) is 12. The normalized spacial score (nSPS) is 12.2. The van der Waals surface area contributed by atoms with E-state index in [1.54, 1.807) is 0 Å². The Balaban J connectivity index is 0.000000156. The van der Waals surface area contributed by atoms with Crippen LogP contribution in [0.1, 0.15) is 71.8 Å². The summed E-state index contributed by atoms with van der Waals surface area (Å²) in [5.74, 6) is 3.60. The largest absolute Gasteiger partial charge is 0.326 e. The van der Waals surface area contributed by atoms with Gasteiger partial charge < -0.3 is 9.13 Å². The Hall–Kier alpha value is -6.30. The molecule has 2 aliphatic heterocycles. The molecule has 0 radical (unpaired) electrons. The van der Waals surface area contributed by atoms with Crippen molar-refractivity contribution in [3.8, 4) is 22.8 Å². The van der Waals surface area contributed by atoms with Crippen molar-refractivity contribution in [2.75, 3.05) is 0 Å². The van der Waals surface area contributed by atoms with Crippen molar-refractivity contribution in [1.29, 1.82) is 0 Å². The van der Waals surface area contributed by atoms with Gasteiger partial charge >= 0.3 is 0 Å². The third-order valence-electron chi connectivity index (χ3n) is 9.31. The number of fused-ring (bicyclic) bond motifs is 8. The molecule has 0 unspecified atom stereocenters. The molecule has 12 nitrogen and oxygen atoms in total. The van der Waals surface area contributed by atoms with Gasteiger partial charge in [0.2, 0.25) is 0 Å². The number of benzene rings is 2. The molecule has 6 aromatic heterocycles. The number of imidazole rings is 2. The molecule has 8 aromatic rings. The molecule has 0 fully saturated rings. The second kappa shape index (κ2) is 13.4. The summed E-state index contributed by atoms with van der Waals surface area (Å²) in [6, 6.07) is 16.9. The monoisotopic (exact) mass is 690 g/mol. The van der Waals surface area contributed by atoms with E-state index in [0.29, 0.717) is 5.82 Å². The molecule has 0 atom stereocenters. The molecule has 0 bridgehead atoms. The maximum atomic E-state index is 4.82. The van der Waals surface area contributed by atoms with Gasteiger partial charge in [0.15, 0.2) is 22.9 Å². The van der Waals surface area contributed by atoms with Crippen LogP contribution in [-0.4, -0.2) is 58.3 Å². The van der Waals surface area contributed by atoms with Crippen LogP contribution in [0.2, 0.25) is 0 Å². The Morgan fingerprint density at radius 3 is 1.83 bits per heavy atom. The van der Waals surface area contributed by atoms with Crippen LogP contribution in [0.25, 0.3) is 46.2 Å². The second-order valence-electron chi connectivity index (χ2n) is 12.9. The van der Waals surface area contributed by atoms with E-state index in [2.05, 4.69) is 100 Å². The van der Waals surface area contributed by atoms with Crippen LogP contribution in [0.5, 0.6) is 0 Å². The third kappa shape index (κ3) is 5.95. The molecule has 2 aliphatic rings. The first kappa shape index (κ1) is 34.2. The van der Waals surface area contributed by atoms with E-state index in [-0.39, 0.29) is 14.9 Å². The molecule has 8 heterocycles. The summed E-state index contributed by atoms with van der Waals surface area (Å²) in [6.07, 6.45) is 13.3. The molecule has 2 aromatic carbocycles. The number of hydrogen-bond donors (Lipinski definition) is 0. The van der Waals surface area contributed by atoms with Crippen molar-refractivity contribution in [3.63, 3.8) is 0 Å². The Kier molecular flexibility index (Phi) is 8.83. The summed E-state index contributed by atoms with van der Waals surface area (Å²) in [4.78, 5) is 27.4. The third-order valence-corrected chi connectivity index (χ3v) is 9.31. The summed E-state index contributed by atoms with van der Waals surface area (Å²) in [7, 11) is 0. The predicted molar refractivity (Wildman–Crippen MR) is 204 cm³/mol. The number of aromatic nitrogens is 12. The lowest BCUT2D eigenvalue weighted by Gasteiger charge is -1.97. The first-order chi connectivity index (χ1) is 24.4. The van der Waals surface area contributed by atoms with Crippen LogP contribution in [0.15, 0.2) is 73.3 Å². The lowest BCUT2D eigenvalue weighted by molar-refractivity contribution is 0.804. The molecule has 0 N–H and O–H groups in total. The van der Waals surface area contributed by atoms with E-state index in [0.717, 1.165) is 88.9 Å². The minimum Gasteiger partial charge on any atom is -0.326 e. The molecule has 0 saturated carbocycles. The highest BCUT2D eigenvalue weighted by molar-refractivity contribution is 5.71. The van der Waals surface area contributed by atoms with Crippen molar-refractivity contribution in [3.05, 3.63) is 130 Å². The number of aryl methyl sites for hydroxylation is 6. The van der Waals surface area contributed by atoms with Gasteiger partial charge in [-0.2, -0.15) is 5.10 Å². The van der Waals surface area contributed by atoms with Crippen molar-refractivity contribution in [1.82, 2.24) is 58.3 Å². The number of rotatable bonds is 5. The van der Waals surface area contributed by atoms with Gasteiger partial charge in [0.25, 0.3) is 0 Å². The van der Waals surface area contributed by atoms with Gasteiger partial charge in [-0.25, -0.2) is 29.0 Å². The Morgan fingerprint density at radius 1 is 0.615 bits per heavy atom. The smallest absolute Gasteiger partial charge is 0.177 e. The maximum absolute atomic E-state index is 4.82. The predicted octanol–water partition coefficient (Wildman–Crippen LogP) is 7.16. The van der Waals surface area contributed by atoms with Crippen molar-refractivity contribution in [2.24, 2.45) is 0 Å². The van der Waals surface area contributed by atoms with Crippen molar-refractivity contribution < 1.29 is 0 Å². The van der Waals surface area contributed by atoms with E-state index in [1.807, 2.05) is 61.3 Å². The van der Waals surface area contributed by atoms with Gasteiger partial charge in [0.05, 0.1) is 34.2 Å². The average molecular weight is 691 g/mol. The molecule has 0 amide bonds. The lowest BCUT2D eigenvalue weighted by atomic mass is 10.1. The van der Waals surface area contributed by atoms with Gasteiger partial charge in [-0.3, -0.25) is 9.97 Å². The van der Waals surface area contributed by atoms with E-state index < -0.39 is 0 Å². The summed E-state index contributed by atoms with van der Waals surface area (Å²) < 4.78 is 8.11. The zero-order chi connectivity index (χ0) is 33.9. The van der Waals surface area contributed by atoms with Gasteiger partial charge in [0.1, 0.15) is 11.6 Å². The summed E-state index contributed by atoms with van der Waals surface area (Å²) in [6.45, 7) is 9.66. The van der Waals surface area contributed by atoms with Crippen LogP contribution in [0.4, 0.5) is 0 Å². The first-order valence-corrected chi connectivity index (χ1v) is 16.7. The minimum absolute atomic E-state index is 0. The van der Waals surface area contributed by atoms with Gasteiger partial charge in [-0.05, 0) is 57.4 Å². The molecule has 52 heavy (non-hydrogen) atoms. The summed E-state index contributed by atoms with van der Waals surface area (Å²) in [5.41, 5.74) is 12.5. The highest BCUT2D eigenvalue weighted by Crippen LogP contribution is 2.32. The summed E-state index contributed by atoms with van der Waals surface area (Å²) >= 11 is 0. The highest BCUT2D eigenvalue weighted by Gasteiger charge is 2.21. The van der Waals surface area contributed by atoms with Crippen LogP contribution in [0.3, 0.4) is 0 Å². The van der Waals surface area contributed by atoms with Gasteiger partial charge in [-0.15, -0.1) is 5.10 Å². The standard InChI is InChI=1S/C19H18N6.C19H16N6.2CH4/c2*1-12-9-20-13(2)18-22-17(23-25(12)18)8-7-15-11-24-10-14-5-3-4-6-16(14)19(24)21-15;;/h3-6,9,11H,7-8,10H2,1-2H3;3-9,11H,10H2,1-2H3;2*1H4/b;8-7+;;. The molecule has 0 spiro atoms. The Labute approximate surface area is 302 Å². The Morgan fingerprint density at radius 2 is 1.19 bits per heavy atom. The maximum Gasteiger partial charge on any atom is 0.177 e. The second-order valence-corrected chi connectivity index (χ2v) is 12.9. The molecule has 10 rings (SSSR count). The first-order valence-electron chi connectivity index (χ1n) is 16.7. The van der Waals surface area contributed by atoms with E-state index in [4.69, 9.17) is 9.97 Å². The van der Waals surface area contributed by atoms with E-state index in [9.17, 15) is 0 Å². The van der Waals surface area contributed by atoms with Crippen LogP contribution in [-0.2, 0) is 25.9 Å².